The Morgan fingerprint density at radius 2 is 2.27 bits per heavy atom. The number of nitrogens with one attached hydrogen (secondary N) is 2. The fourth-order valence-corrected chi connectivity index (χ4v) is 4.99. The molecule has 0 saturated carbocycles. The van der Waals surface area contributed by atoms with Crippen molar-refractivity contribution < 1.29 is 4.79 Å². The van der Waals surface area contributed by atoms with Gasteiger partial charge in [-0.3, -0.25) is 4.79 Å². The van der Waals surface area contributed by atoms with Crippen LogP contribution < -0.4 is 10.6 Å². The molecule has 0 aliphatic carbocycles. The zero-order valence-electron chi connectivity index (χ0n) is 15.8. The van der Waals surface area contributed by atoms with E-state index in [4.69, 9.17) is 12.2 Å². The van der Waals surface area contributed by atoms with Crippen molar-refractivity contribution in [1.29, 1.82) is 0 Å². The number of thiocarbonyl (C=S) groups is 1. The van der Waals surface area contributed by atoms with E-state index < -0.39 is 0 Å². The molecule has 1 amide bonds. The van der Waals surface area contributed by atoms with Gasteiger partial charge in [0.15, 0.2) is 10.2 Å². The van der Waals surface area contributed by atoms with Crippen molar-refractivity contribution in [3.63, 3.8) is 0 Å². The molecule has 0 bridgehead atoms. The maximum Gasteiger partial charge on any atom is 0.226 e. The van der Waals surface area contributed by atoms with Crippen LogP contribution in [0.1, 0.15) is 45.6 Å². The van der Waals surface area contributed by atoms with Gasteiger partial charge in [-0.15, -0.1) is 0 Å². The van der Waals surface area contributed by atoms with Gasteiger partial charge in [0, 0.05) is 24.5 Å². The smallest absolute Gasteiger partial charge is 0.226 e. The standard InChI is InChI=1S/C19H26N4OS2/c1-12-7-8-14-15(10-12)26-17(20-14)21-16(24)6-5-9-23-13(2)11-19(3,4)22-18(23)25/h7-8,10,13H,5-6,9,11H2,1-4H3,(H,22,25)(H,20,21,24)/t13-/m0/s1. The second kappa shape index (κ2) is 7.48. The van der Waals surface area contributed by atoms with Crippen LogP contribution >= 0.6 is 23.6 Å². The molecule has 1 aromatic heterocycles. The molecular formula is C19H26N4OS2. The summed E-state index contributed by atoms with van der Waals surface area (Å²) >= 11 is 7.01. The van der Waals surface area contributed by atoms with E-state index in [2.05, 4.69) is 54.3 Å². The largest absolute Gasteiger partial charge is 0.358 e. The van der Waals surface area contributed by atoms with Crippen LogP contribution in [0.25, 0.3) is 10.2 Å². The number of aromatic nitrogens is 1. The van der Waals surface area contributed by atoms with Crippen molar-refractivity contribution >= 4 is 49.9 Å². The first-order valence-electron chi connectivity index (χ1n) is 8.99. The summed E-state index contributed by atoms with van der Waals surface area (Å²) in [5, 5.41) is 7.76. The van der Waals surface area contributed by atoms with Gasteiger partial charge in [0.1, 0.15) is 0 Å². The lowest BCUT2D eigenvalue weighted by Gasteiger charge is -2.44. The van der Waals surface area contributed by atoms with E-state index >= 15 is 0 Å². The summed E-state index contributed by atoms with van der Waals surface area (Å²) in [5.74, 6) is 0.00430. The molecule has 1 atom stereocenters. The lowest BCUT2D eigenvalue weighted by Crippen LogP contribution is -2.60. The highest BCUT2D eigenvalue weighted by Crippen LogP contribution is 2.27. The molecule has 1 aliphatic heterocycles. The van der Waals surface area contributed by atoms with E-state index in [0.717, 1.165) is 34.7 Å². The van der Waals surface area contributed by atoms with Crippen LogP contribution in [0.3, 0.4) is 0 Å². The molecule has 0 radical (unpaired) electrons. The molecule has 2 aromatic rings. The fraction of sp³-hybridized carbons (Fsp3) is 0.526. The molecule has 2 heterocycles. The Balaban J connectivity index is 1.50. The average Bonchev–Trinajstić information content (AvgIpc) is 2.90. The molecule has 0 unspecified atom stereocenters. The third kappa shape index (κ3) is 4.51. The third-order valence-corrected chi connectivity index (χ3v) is 5.91. The number of carbonyl (C=O) groups is 1. The van der Waals surface area contributed by atoms with E-state index in [1.54, 1.807) is 0 Å². The molecule has 3 rings (SSSR count). The van der Waals surface area contributed by atoms with E-state index in [-0.39, 0.29) is 11.4 Å². The summed E-state index contributed by atoms with van der Waals surface area (Å²) in [7, 11) is 0. The van der Waals surface area contributed by atoms with Gasteiger partial charge in [-0.25, -0.2) is 4.98 Å². The van der Waals surface area contributed by atoms with E-state index in [1.165, 1.54) is 16.9 Å². The molecule has 140 valence electrons. The number of hydrogen-bond acceptors (Lipinski definition) is 4. The fourth-order valence-electron chi connectivity index (χ4n) is 3.46. The molecule has 26 heavy (non-hydrogen) atoms. The number of anilines is 1. The van der Waals surface area contributed by atoms with Gasteiger partial charge < -0.3 is 15.5 Å². The maximum absolute atomic E-state index is 12.3. The minimum absolute atomic E-state index is 0.00430. The highest BCUT2D eigenvalue weighted by Gasteiger charge is 2.32. The number of benzene rings is 1. The van der Waals surface area contributed by atoms with Crippen LogP contribution in [0, 0.1) is 6.92 Å². The van der Waals surface area contributed by atoms with Crippen molar-refractivity contribution in [2.24, 2.45) is 0 Å². The first kappa shape index (κ1) is 19.0. The maximum atomic E-state index is 12.3. The Labute approximate surface area is 164 Å². The summed E-state index contributed by atoms with van der Waals surface area (Å²) < 4.78 is 1.10. The van der Waals surface area contributed by atoms with E-state index in [9.17, 15) is 4.79 Å². The minimum atomic E-state index is 0.00430. The van der Waals surface area contributed by atoms with Crippen LogP contribution in [0.4, 0.5) is 5.13 Å². The summed E-state index contributed by atoms with van der Waals surface area (Å²) in [6, 6.07) is 6.50. The Morgan fingerprint density at radius 1 is 1.50 bits per heavy atom. The SMILES string of the molecule is Cc1ccc2nc(NC(=O)CCCN3C(=S)NC(C)(C)C[C@@H]3C)sc2c1. The van der Waals surface area contributed by atoms with Crippen LogP contribution in [-0.2, 0) is 4.79 Å². The van der Waals surface area contributed by atoms with Crippen molar-refractivity contribution in [3.05, 3.63) is 23.8 Å². The quantitative estimate of drug-likeness (QED) is 0.754. The van der Waals surface area contributed by atoms with Crippen molar-refractivity contribution in [1.82, 2.24) is 15.2 Å². The molecule has 0 spiro atoms. The second-order valence-corrected chi connectivity index (χ2v) is 9.12. The number of aryl methyl sites for hydroxylation is 1. The predicted octanol–water partition coefficient (Wildman–Crippen LogP) is 4.07. The number of rotatable bonds is 5. The summed E-state index contributed by atoms with van der Waals surface area (Å²) in [6.07, 6.45) is 2.26. The number of carbonyl (C=O) groups excluding carboxylic acids is 1. The molecular weight excluding hydrogens is 364 g/mol. The number of thiazole rings is 1. The van der Waals surface area contributed by atoms with Crippen molar-refractivity contribution in [2.75, 3.05) is 11.9 Å². The monoisotopic (exact) mass is 390 g/mol. The van der Waals surface area contributed by atoms with E-state index in [1.807, 2.05) is 12.1 Å². The third-order valence-electron chi connectivity index (χ3n) is 4.64. The van der Waals surface area contributed by atoms with Crippen LogP contribution in [0.5, 0.6) is 0 Å². The van der Waals surface area contributed by atoms with Gasteiger partial charge in [0.25, 0.3) is 0 Å². The first-order chi connectivity index (χ1) is 12.2. The number of nitrogens with zero attached hydrogens (tertiary/aromatic N) is 2. The second-order valence-electron chi connectivity index (χ2n) is 7.70. The van der Waals surface area contributed by atoms with Gasteiger partial charge >= 0.3 is 0 Å². The normalized spacial score (nSPS) is 19.5. The Kier molecular flexibility index (Phi) is 5.48. The summed E-state index contributed by atoms with van der Waals surface area (Å²) in [5.41, 5.74) is 2.16. The van der Waals surface area contributed by atoms with Gasteiger partial charge in [-0.05, 0) is 70.5 Å². The Morgan fingerprint density at radius 3 is 3.00 bits per heavy atom. The Hall–Kier alpha value is -1.73. The summed E-state index contributed by atoms with van der Waals surface area (Å²) in [4.78, 5) is 18.9. The zero-order chi connectivity index (χ0) is 18.9. The van der Waals surface area contributed by atoms with Crippen LogP contribution in [0.15, 0.2) is 18.2 Å². The number of hydrogen-bond donors (Lipinski definition) is 2. The lowest BCUT2D eigenvalue weighted by atomic mass is 9.93. The van der Waals surface area contributed by atoms with Gasteiger partial charge in [0.2, 0.25) is 5.91 Å². The molecule has 7 heteroatoms. The van der Waals surface area contributed by atoms with Crippen LogP contribution in [0.2, 0.25) is 0 Å². The minimum Gasteiger partial charge on any atom is -0.358 e. The Bertz CT molecular complexity index is 830. The zero-order valence-corrected chi connectivity index (χ0v) is 17.4. The first-order valence-corrected chi connectivity index (χ1v) is 10.2. The molecule has 1 aliphatic rings. The topological polar surface area (TPSA) is 57.3 Å². The highest BCUT2D eigenvalue weighted by molar-refractivity contribution is 7.80. The molecule has 1 fully saturated rings. The molecule has 1 saturated heterocycles. The highest BCUT2D eigenvalue weighted by atomic mass is 32.1. The molecule has 1 aromatic carbocycles. The molecule has 2 N–H and O–H groups in total. The lowest BCUT2D eigenvalue weighted by molar-refractivity contribution is -0.116. The van der Waals surface area contributed by atoms with E-state index in [0.29, 0.717) is 17.6 Å². The van der Waals surface area contributed by atoms with Crippen molar-refractivity contribution in [3.8, 4) is 0 Å². The van der Waals surface area contributed by atoms with Gasteiger partial charge in [-0.2, -0.15) is 0 Å². The summed E-state index contributed by atoms with van der Waals surface area (Å²) in [6.45, 7) is 9.37. The average molecular weight is 391 g/mol. The van der Waals surface area contributed by atoms with Gasteiger partial charge in [0.05, 0.1) is 10.2 Å². The molecule has 5 nitrogen and oxygen atoms in total. The predicted molar refractivity (Wildman–Crippen MR) is 113 cm³/mol. The van der Waals surface area contributed by atoms with Crippen molar-refractivity contribution in [2.45, 2.75) is 58.5 Å². The number of fused-ring (bicyclic) bond motifs is 1. The van der Waals surface area contributed by atoms with Crippen LogP contribution in [-0.4, -0.2) is 39.0 Å². The van der Waals surface area contributed by atoms with Gasteiger partial charge in [-0.1, -0.05) is 17.4 Å². The number of amides is 1.